The Morgan fingerprint density at radius 1 is 1.14 bits per heavy atom. The molecule has 0 saturated carbocycles. The number of fused-ring (bicyclic) bond motifs is 4. The molecule has 2 aromatic carbocycles. The molecule has 2 aliphatic heterocycles. The van der Waals surface area contributed by atoms with Crippen molar-refractivity contribution in [2.24, 2.45) is 0 Å². The smallest absolute Gasteiger partial charge is 0.243 e. The van der Waals surface area contributed by atoms with Crippen LogP contribution in [0.4, 0.5) is 5.69 Å². The lowest BCUT2D eigenvalue weighted by molar-refractivity contribution is -0.121. The highest BCUT2D eigenvalue weighted by Gasteiger charge is 2.40. The fourth-order valence-electron chi connectivity index (χ4n) is 6.34. The molecule has 7 nitrogen and oxygen atoms in total. The first kappa shape index (κ1) is 23.4. The zero-order valence-electron chi connectivity index (χ0n) is 21.5. The van der Waals surface area contributed by atoms with E-state index < -0.39 is 5.41 Å². The monoisotopic (exact) mass is 493 g/mol. The Morgan fingerprint density at radius 2 is 1.92 bits per heavy atom. The molecule has 3 aromatic rings. The maximum atomic E-state index is 13.9. The van der Waals surface area contributed by atoms with Crippen molar-refractivity contribution in [3.8, 4) is 6.07 Å². The van der Waals surface area contributed by atoms with E-state index in [2.05, 4.69) is 59.1 Å². The summed E-state index contributed by atoms with van der Waals surface area (Å²) < 4.78 is 0. The molecule has 0 unspecified atom stereocenters. The summed E-state index contributed by atoms with van der Waals surface area (Å²) in [6.07, 6.45) is 6.53. The number of amides is 1. The first-order valence-corrected chi connectivity index (χ1v) is 13.1. The predicted molar refractivity (Wildman–Crippen MR) is 144 cm³/mol. The van der Waals surface area contributed by atoms with Crippen molar-refractivity contribution >= 4 is 28.3 Å². The molecule has 0 spiro atoms. The fourth-order valence-corrected chi connectivity index (χ4v) is 6.34. The van der Waals surface area contributed by atoms with Crippen LogP contribution >= 0.6 is 0 Å². The number of hydrogen-bond donors (Lipinski definition) is 2. The lowest BCUT2D eigenvalue weighted by atomic mass is 9.70. The summed E-state index contributed by atoms with van der Waals surface area (Å²) >= 11 is 0. The molecule has 1 saturated heterocycles. The van der Waals surface area contributed by atoms with Crippen LogP contribution in [0.3, 0.4) is 0 Å². The molecule has 2 N–H and O–H groups in total. The quantitative estimate of drug-likeness (QED) is 0.566. The maximum absolute atomic E-state index is 13.9. The van der Waals surface area contributed by atoms with Crippen molar-refractivity contribution in [1.29, 1.82) is 5.26 Å². The number of nitrogens with one attached hydrogen (secondary N) is 2. The molecule has 0 bridgehead atoms. The van der Waals surface area contributed by atoms with Gasteiger partial charge in [0.2, 0.25) is 5.91 Å². The van der Waals surface area contributed by atoms with Gasteiger partial charge in [-0.05, 0) is 54.7 Å². The lowest BCUT2D eigenvalue weighted by Crippen LogP contribution is -2.47. The van der Waals surface area contributed by atoms with Gasteiger partial charge >= 0.3 is 0 Å². The summed E-state index contributed by atoms with van der Waals surface area (Å²) in [5, 5.41) is 13.0. The van der Waals surface area contributed by atoms with Crippen LogP contribution < -0.4 is 10.2 Å². The minimum Gasteiger partial charge on any atom is -0.371 e. The van der Waals surface area contributed by atoms with Gasteiger partial charge in [-0.3, -0.25) is 9.59 Å². The Hall–Kier alpha value is -4.05. The Bertz CT molecular complexity index is 1510. The topological polar surface area (TPSA) is 92.2 Å². The van der Waals surface area contributed by atoms with Crippen molar-refractivity contribution in [1.82, 2.24) is 15.2 Å². The summed E-state index contributed by atoms with van der Waals surface area (Å²) in [6, 6.07) is 12.4. The molecule has 0 radical (unpaired) electrons. The maximum Gasteiger partial charge on any atom is 0.243 e. The molecule has 37 heavy (non-hydrogen) atoms. The van der Waals surface area contributed by atoms with Gasteiger partial charge in [0, 0.05) is 64.8 Å². The highest BCUT2D eigenvalue weighted by molar-refractivity contribution is 6.20. The number of ketones is 1. The minimum atomic E-state index is -0.393. The zero-order chi connectivity index (χ0) is 25.9. The van der Waals surface area contributed by atoms with Crippen molar-refractivity contribution in [3.05, 3.63) is 76.2 Å². The molecule has 188 valence electrons. The van der Waals surface area contributed by atoms with Crippen LogP contribution in [0.1, 0.15) is 71.9 Å². The summed E-state index contributed by atoms with van der Waals surface area (Å²) in [5.74, 6) is 0.0929. The van der Waals surface area contributed by atoms with Gasteiger partial charge in [0.05, 0.1) is 23.7 Å². The summed E-state index contributed by atoms with van der Waals surface area (Å²) in [6.45, 7) is 8.73. The number of nitriles is 1. The van der Waals surface area contributed by atoms with Gasteiger partial charge in [-0.2, -0.15) is 5.26 Å². The first-order valence-electron chi connectivity index (χ1n) is 13.1. The van der Waals surface area contributed by atoms with Gasteiger partial charge in [0.1, 0.15) is 0 Å². The zero-order valence-corrected chi connectivity index (χ0v) is 21.5. The van der Waals surface area contributed by atoms with Crippen LogP contribution in [0, 0.1) is 11.3 Å². The summed E-state index contributed by atoms with van der Waals surface area (Å²) in [4.78, 5) is 33.8. The average Bonchev–Trinajstić information content (AvgIpc) is 3.31. The second kappa shape index (κ2) is 8.52. The number of carbonyl (C=O) groups is 2. The minimum absolute atomic E-state index is 0.0416. The summed E-state index contributed by atoms with van der Waals surface area (Å²) in [7, 11) is 0. The van der Waals surface area contributed by atoms with Crippen molar-refractivity contribution in [3.63, 3.8) is 0 Å². The Labute approximate surface area is 216 Å². The van der Waals surface area contributed by atoms with Gasteiger partial charge < -0.3 is 20.1 Å². The highest BCUT2D eigenvalue weighted by atomic mass is 16.2. The van der Waals surface area contributed by atoms with Crippen LogP contribution in [0.2, 0.25) is 0 Å². The second-order valence-corrected chi connectivity index (χ2v) is 10.9. The van der Waals surface area contributed by atoms with Crippen molar-refractivity contribution in [2.45, 2.75) is 51.5 Å². The SMILES string of the molecule is CCc1cc2c(cc1N1CCC(N3C=CNC(=O)C3)CC1)C(C)(C)c1[nH]c3cc(C#N)ccc3c1C2=O. The molecule has 7 heteroatoms. The molecule has 3 heterocycles. The number of aromatic amines is 1. The van der Waals surface area contributed by atoms with E-state index >= 15 is 0 Å². The molecule has 6 rings (SSSR count). The van der Waals surface area contributed by atoms with Gasteiger partial charge in [0.25, 0.3) is 0 Å². The molecule has 1 fully saturated rings. The van der Waals surface area contributed by atoms with E-state index in [4.69, 9.17) is 0 Å². The van der Waals surface area contributed by atoms with E-state index in [1.807, 2.05) is 18.3 Å². The van der Waals surface area contributed by atoms with Gasteiger partial charge in [-0.1, -0.05) is 26.8 Å². The van der Waals surface area contributed by atoms with Crippen LogP contribution in [-0.4, -0.2) is 47.3 Å². The van der Waals surface area contributed by atoms with Crippen LogP contribution in [-0.2, 0) is 16.6 Å². The number of rotatable bonds is 3. The standard InChI is InChI=1S/C30H31N5O2/c1-4-19-14-22-23(15-25(19)34-10-7-20(8-11-34)35-12-9-32-26(36)17-35)30(2,3)29-27(28(22)37)21-6-5-18(16-31)13-24(21)33-29/h5-6,9,12-15,20,33H,4,7-8,10-11,17H2,1-3H3,(H,32,36). The highest BCUT2D eigenvalue weighted by Crippen LogP contribution is 2.46. The normalized spacial score (nSPS) is 19.0. The van der Waals surface area contributed by atoms with Crippen LogP contribution in [0.5, 0.6) is 0 Å². The number of aryl methyl sites for hydroxylation is 1. The van der Waals surface area contributed by atoms with Gasteiger partial charge in [-0.15, -0.1) is 0 Å². The van der Waals surface area contributed by atoms with Gasteiger partial charge in [-0.25, -0.2) is 0 Å². The number of benzene rings is 2. The Balaban J connectivity index is 1.36. The molecule has 0 atom stereocenters. The Kier molecular flexibility index (Phi) is 5.38. The molecule has 1 aliphatic carbocycles. The molecular formula is C30H31N5O2. The predicted octanol–water partition coefficient (Wildman–Crippen LogP) is 4.34. The van der Waals surface area contributed by atoms with Gasteiger partial charge in [0.15, 0.2) is 5.78 Å². The van der Waals surface area contributed by atoms with E-state index in [9.17, 15) is 14.9 Å². The number of hydrogen-bond acceptors (Lipinski definition) is 5. The van der Waals surface area contributed by atoms with Crippen LogP contribution in [0.15, 0.2) is 42.7 Å². The average molecular weight is 494 g/mol. The van der Waals surface area contributed by atoms with E-state index in [1.165, 1.54) is 11.3 Å². The second-order valence-electron chi connectivity index (χ2n) is 10.9. The van der Waals surface area contributed by atoms with Crippen LogP contribution in [0.25, 0.3) is 10.9 Å². The number of aromatic nitrogens is 1. The number of piperidine rings is 1. The first-order chi connectivity index (χ1) is 17.8. The Morgan fingerprint density at radius 3 is 2.62 bits per heavy atom. The van der Waals surface area contributed by atoms with Crippen molar-refractivity contribution < 1.29 is 9.59 Å². The van der Waals surface area contributed by atoms with E-state index in [0.29, 0.717) is 18.2 Å². The number of H-pyrrole nitrogens is 1. The lowest BCUT2D eigenvalue weighted by Gasteiger charge is -2.41. The molecule has 3 aliphatic rings. The molecular weight excluding hydrogens is 462 g/mol. The van der Waals surface area contributed by atoms with Crippen molar-refractivity contribution in [2.75, 3.05) is 24.5 Å². The third kappa shape index (κ3) is 3.62. The number of nitrogens with zero attached hydrogens (tertiary/aromatic N) is 3. The third-order valence-electron chi connectivity index (χ3n) is 8.41. The fraction of sp³-hybridized carbons (Fsp3) is 0.367. The molecule has 1 amide bonds. The summed E-state index contributed by atoms with van der Waals surface area (Å²) in [5.41, 5.74) is 6.88. The van der Waals surface area contributed by atoms with E-state index in [1.54, 1.807) is 12.3 Å². The largest absolute Gasteiger partial charge is 0.371 e. The van der Waals surface area contributed by atoms with E-state index in [-0.39, 0.29) is 11.7 Å². The third-order valence-corrected chi connectivity index (χ3v) is 8.41. The van der Waals surface area contributed by atoms with E-state index in [0.717, 1.165) is 65.6 Å². The molecule has 1 aromatic heterocycles. The number of anilines is 1. The number of carbonyl (C=O) groups excluding carboxylic acids is 2.